The summed E-state index contributed by atoms with van der Waals surface area (Å²) in [6.07, 6.45) is 3.77. The number of hydrogen-bond donors (Lipinski definition) is 2. The minimum atomic E-state index is -0.863. The first-order valence-corrected chi connectivity index (χ1v) is 13.2. The van der Waals surface area contributed by atoms with Gasteiger partial charge in [-0.15, -0.1) is 0 Å². The number of nitrogens with zero attached hydrogens (tertiary/aromatic N) is 1. The van der Waals surface area contributed by atoms with Crippen molar-refractivity contribution in [3.8, 4) is 11.5 Å². The van der Waals surface area contributed by atoms with Crippen LogP contribution in [0.3, 0.4) is 0 Å². The summed E-state index contributed by atoms with van der Waals surface area (Å²) >= 11 is 6.17. The summed E-state index contributed by atoms with van der Waals surface area (Å²) in [6.45, 7) is 0.929. The number of halogens is 1. The number of carboxylic acid groups (broad SMARTS) is 1. The third kappa shape index (κ3) is 5.29. The lowest BCUT2D eigenvalue weighted by atomic mass is 9.66. The van der Waals surface area contributed by atoms with Crippen LogP contribution in [-0.4, -0.2) is 37.2 Å². The normalized spacial score (nSPS) is 15.9. The van der Waals surface area contributed by atoms with E-state index in [2.05, 4.69) is 17.4 Å². The van der Waals surface area contributed by atoms with Gasteiger partial charge in [0.2, 0.25) is 0 Å². The fourth-order valence-electron chi connectivity index (χ4n) is 5.39. The number of carboxylic acids is 1. The van der Waals surface area contributed by atoms with E-state index >= 15 is 0 Å². The Hall–Kier alpha value is -3.71. The highest BCUT2D eigenvalue weighted by molar-refractivity contribution is 6.30. The monoisotopic (exact) mass is 534 g/mol. The van der Waals surface area contributed by atoms with Crippen molar-refractivity contribution >= 4 is 34.9 Å². The number of amides is 1. The topological polar surface area (TPSA) is 88.1 Å². The molecule has 3 aromatic carbocycles. The van der Waals surface area contributed by atoms with Gasteiger partial charge in [-0.05, 0) is 48.6 Å². The molecule has 1 heterocycles. The molecule has 0 bridgehead atoms. The van der Waals surface area contributed by atoms with E-state index < -0.39 is 12.0 Å². The van der Waals surface area contributed by atoms with E-state index in [-0.39, 0.29) is 24.3 Å². The van der Waals surface area contributed by atoms with E-state index in [1.807, 2.05) is 35.2 Å². The van der Waals surface area contributed by atoms with E-state index in [1.54, 1.807) is 31.4 Å². The molecular formula is C30H31ClN2O5. The summed E-state index contributed by atoms with van der Waals surface area (Å²) in [7, 11) is 1.56. The molecule has 2 N–H and O–H groups in total. The van der Waals surface area contributed by atoms with Gasteiger partial charge in [-0.3, -0.25) is 9.59 Å². The molecular weight excluding hydrogens is 504 g/mol. The van der Waals surface area contributed by atoms with Crippen LogP contribution in [0.15, 0.2) is 66.7 Å². The van der Waals surface area contributed by atoms with Crippen LogP contribution >= 0.6 is 11.6 Å². The Kier molecular flexibility index (Phi) is 7.47. The third-order valence-electron chi connectivity index (χ3n) is 7.48. The smallest absolute Gasteiger partial charge is 0.303 e. The number of rotatable bonds is 10. The van der Waals surface area contributed by atoms with Crippen molar-refractivity contribution in [2.75, 3.05) is 30.5 Å². The highest BCUT2D eigenvalue weighted by atomic mass is 35.5. The molecule has 1 aliphatic heterocycles. The van der Waals surface area contributed by atoms with Gasteiger partial charge < -0.3 is 24.8 Å². The molecule has 1 aliphatic carbocycles. The average Bonchev–Trinajstić information content (AvgIpc) is 3.26. The Morgan fingerprint density at radius 3 is 2.50 bits per heavy atom. The van der Waals surface area contributed by atoms with Crippen molar-refractivity contribution in [3.63, 3.8) is 0 Å². The van der Waals surface area contributed by atoms with Gasteiger partial charge in [0.05, 0.1) is 13.7 Å². The van der Waals surface area contributed by atoms with Crippen molar-refractivity contribution in [1.82, 2.24) is 0 Å². The Morgan fingerprint density at radius 1 is 1.08 bits per heavy atom. The second kappa shape index (κ2) is 11.0. The predicted molar refractivity (Wildman–Crippen MR) is 147 cm³/mol. The SMILES string of the molecule is COc1cc(NC(C(=O)N2CC3(CCC3)c3ccccc32)c2ccc(Cl)cc2)cc(OCCCC(=O)O)c1. The van der Waals surface area contributed by atoms with Crippen molar-refractivity contribution < 1.29 is 24.2 Å². The van der Waals surface area contributed by atoms with Crippen LogP contribution in [0.2, 0.25) is 5.02 Å². The van der Waals surface area contributed by atoms with E-state index in [0.29, 0.717) is 35.2 Å². The molecule has 2 aliphatic rings. The summed E-state index contributed by atoms with van der Waals surface area (Å²) in [5.41, 5.74) is 3.72. The van der Waals surface area contributed by atoms with Crippen LogP contribution in [0.25, 0.3) is 0 Å². The first-order valence-electron chi connectivity index (χ1n) is 12.9. The van der Waals surface area contributed by atoms with Crippen molar-refractivity contribution in [2.45, 2.75) is 43.6 Å². The molecule has 1 unspecified atom stereocenters. The standard InChI is InChI=1S/C30H31ClN2O5/c1-37-23-16-22(17-24(18-23)38-15-4-8-27(34)35)32-28(20-9-11-21(31)12-10-20)29(36)33-19-30(13-5-14-30)25-6-2-3-7-26(25)33/h2-3,6-7,9-12,16-18,28,32H,4-5,8,13-15,19H2,1H3,(H,34,35). The number of carbonyl (C=O) groups is 2. The number of para-hydroxylation sites is 1. The zero-order valence-corrected chi connectivity index (χ0v) is 22.0. The van der Waals surface area contributed by atoms with Gasteiger partial charge in [0.15, 0.2) is 0 Å². The number of carbonyl (C=O) groups excluding carboxylic acids is 1. The van der Waals surface area contributed by atoms with Crippen molar-refractivity contribution in [3.05, 3.63) is 82.9 Å². The molecule has 0 radical (unpaired) electrons. The lowest BCUT2D eigenvalue weighted by Crippen LogP contribution is -2.44. The summed E-state index contributed by atoms with van der Waals surface area (Å²) in [6, 6.07) is 20.2. The predicted octanol–water partition coefficient (Wildman–Crippen LogP) is 6.21. The fourth-order valence-corrected chi connectivity index (χ4v) is 5.52. The van der Waals surface area contributed by atoms with Crippen molar-refractivity contribution in [1.29, 1.82) is 0 Å². The van der Waals surface area contributed by atoms with Gasteiger partial charge in [0, 0.05) is 53.0 Å². The van der Waals surface area contributed by atoms with Crippen LogP contribution in [0.4, 0.5) is 11.4 Å². The lowest BCUT2D eigenvalue weighted by Gasteiger charge is -2.39. The van der Waals surface area contributed by atoms with Crippen molar-refractivity contribution in [2.24, 2.45) is 0 Å². The first kappa shape index (κ1) is 25.9. The molecule has 38 heavy (non-hydrogen) atoms. The van der Waals surface area contributed by atoms with Gasteiger partial charge in [-0.25, -0.2) is 0 Å². The van der Waals surface area contributed by atoms with Crippen LogP contribution < -0.4 is 19.7 Å². The van der Waals surface area contributed by atoms with Gasteiger partial charge >= 0.3 is 5.97 Å². The molecule has 1 spiro atoms. The number of hydrogen-bond acceptors (Lipinski definition) is 5. The quantitative estimate of drug-likeness (QED) is 0.300. The van der Waals surface area contributed by atoms with Gasteiger partial charge in [0.1, 0.15) is 17.5 Å². The van der Waals surface area contributed by atoms with Crippen LogP contribution in [-0.2, 0) is 15.0 Å². The van der Waals surface area contributed by atoms with E-state index in [9.17, 15) is 9.59 Å². The molecule has 1 fully saturated rings. The number of fused-ring (bicyclic) bond motifs is 2. The number of methoxy groups -OCH3 is 1. The molecule has 1 atom stereocenters. The van der Waals surface area contributed by atoms with E-state index in [0.717, 1.165) is 24.1 Å². The molecule has 0 saturated heterocycles. The molecule has 8 heteroatoms. The molecule has 198 valence electrons. The van der Waals surface area contributed by atoms with Crippen LogP contribution in [0.5, 0.6) is 11.5 Å². The average molecular weight is 535 g/mol. The maximum Gasteiger partial charge on any atom is 0.303 e. The largest absolute Gasteiger partial charge is 0.497 e. The van der Waals surface area contributed by atoms with Gasteiger partial charge in [-0.1, -0.05) is 48.4 Å². The Balaban J connectivity index is 1.44. The lowest BCUT2D eigenvalue weighted by molar-refractivity contribution is -0.137. The second-order valence-electron chi connectivity index (χ2n) is 9.95. The number of nitrogens with one attached hydrogen (secondary N) is 1. The molecule has 3 aromatic rings. The summed E-state index contributed by atoms with van der Waals surface area (Å²) in [5.74, 6) is 0.179. The number of aliphatic carboxylic acids is 1. The van der Waals surface area contributed by atoms with E-state index in [1.165, 1.54) is 12.0 Å². The minimum absolute atomic E-state index is 0.0288. The van der Waals surface area contributed by atoms with Gasteiger partial charge in [0.25, 0.3) is 5.91 Å². The maximum atomic E-state index is 14.3. The minimum Gasteiger partial charge on any atom is -0.497 e. The first-order chi connectivity index (χ1) is 18.4. The zero-order valence-electron chi connectivity index (χ0n) is 21.3. The highest BCUT2D eigenvalue weighted by Crippen LogP contribution is 2.53. The Bertz CT molecular complexity index is 1320. The highest BCUT2D eigenvalue weighted by Gasteiger charge is 2.49. The molecule has 0 aromatic heterocycles. The second-order valence-corrected chi connectivity index (χ2v) is 10.4. The molecule has 1 saturated carbocycles. The summed E-state index contributed by atoms with van der Waals surface area (Å²) in [5, 5.41) is 12.9. The van der Waals surface area contributed by atoms with Crippen LogP contribution in [0, 0.1) is 0 Å². The number of ether oxygens (including phenoxy) is 2. The van der Waals surface area contributed by atoms with Gasteiger partial charge in [-0.2, -0.15) is 0 Å². The molecule has 7 nitrogen and oxygen atoms in total. The number of anilines is 2. The van der Waals surface area contributed by atoms with E-state index in [4.69, 9.17) is 26.2 Å². The van der Waals surface area contributed by atoms with Crippen LogP contribution in [0.1, 0.15) is 49.3 Å². The number of benzene rings is 3. The molecule has 1 amide bonds. The Labute approximate surface area is 227 Å². The Morgan fingerprint density at radius 2 is 1.82 bits per heavy atom. The summed E-state index contributed by atoms with van der Waals surface area (Å²) < 4.78 is 11.3. The molecule has 5 rings (SSSR count). The third-order valence-corrected chi connectivity index (χ3v) is 7.74. The zero-order chi connectivity index (χ0) is 26.7. The summed E-state index contributed by atoms with van der Waals surface area (Å²) in [4.78, 5) is 27.0. The fraction of sp³-hybridized carbons (Fsp3) is 0.333. The maximum absolute atomic E-state index is 14.3.